The Morgan fingerprint density at radius 1 is 1.14 bits per heavy atom. The van der Waals surface area contributed by atoms with Crippen LogP contribution in [0.5, 0.6) is 11.5 Å². The molecule has 0 saturated heterocycles. The Hall–Kier alpha value is -2.67. The highest BCUT2D eigenvalue weighted by molar-refractivity contribution is 5.94. The summed E-state index contributed by atoms with van der Waals surface area (Å²) in [7, 11) is 1.41. The monoisotopic (exact) mass is 390 g/mol. The number of carbonyl (C=O) groups excluding carboxylic acids is 1. The largest absolute Gasteiger partial charge is 0.493 e. The predicted octanol–water partition coefficient (Wildman–Crippen LogP) is 4.50. The van der Waals surface area contributed by atoms with Gasteiger partial charge in [-0.1, -0.05) is 18.2 Å². The minimum absolute atomic E-state index is 0.0141. The lowest BCUT2D eigenvalue weighted by Gasteiger charge is -2.16. The van der Waals surface area contributed by atoms with E-state index in [0.29, 0.717) is 6.54 Å². The number of rotatable bonds is 9. The van der Waals surface area contributed by atoms with Crippen LogP contribution in [-0.4, -0.2) is 19.6 Å². The van der Waals surface area contributed by atoms with Gasteiger partial charge in [0, 0.05) is 24.2 Å². The van der Waals surface area contributed by atoms with E-state index in [0.717, 1.165) is 29.7 Å². The second kappa shape index (κ2) is 9.01. The molecular weight excluding hydrogens is 366 g/mol. The van der Waals surface area contributed by atoms with Gasteiger partial charge in [-0.05, 0) is 55.2 Å². The van der Waals surface area contributed by atoms with E-state index < -0.39 is 6.61 Å². The van der Waals surface area contributed by atoms with Crippen molar-refractivity contribution in [3.05, 3.63) is 53.6 Å². The molecule has 1 atom stereocenters. The van der Waals surface area contributed by atoms with Crippen LogP contribution >= 0.6 is 0 Å². The van der Waals surface area contributed by atoms with Crippen molar-refractivity contribution < 1.29 is 23.0 Å². The predicted molar refractivity (Wildman–Crippen MR) is 103 cm³/mol. The zero-order valence-electron chi connectivity index (χ0n) is 15.9. The molecule has 5 nitrogen and oxygen atoms in total. The lowest BCUT2D eigenvalue weighted by atomic mass is 10.1. The fourth-order valence-corrected chi connectivity index (χ4v) is 2.85. The molecule has 28 heavy (non-hydrogen) atoms. The molecule has 0 bridgehead atoms. The van der Waals surface area contributed by atoms with E-state index >= 15 is 0 Å². The average Bonchev–Trinajstić information content (AvgIpc) is 3.52. The molecule has 0 aliphatic heterocycles. The molecule has 0 heterocycles. The van der Waals surface area contributed by atoms with Crippen molar-refractivity contribution in [1.82, 2.24) is 5.32 Å². The van der Waals surface area contributed by atoms with Gasteiger partial charge < -0.3 is 20.1 Å². The minimum atomic E-state index is -2.91. The van der Waals surface area contributed by atoms with Crippen LogP contribution in [0.3, 0.4) is 0 Å². The standard InChI is InChI=1S/C21H24F2N2O3/c1-13(15-6-8-17(9-7-15)25-20(26)16-4-5-16)24-12-14-3-10-18(27-2)19(11-14)28-21(22)23/h3,6-11,13,16,21,24H,4-5,12H2,1-2H3,(H,25,26). The third kappa shape index (κ3) is 5.42. The van der Waals surface area contributed by atoms with E-state index in [1.54, 1.807) is 18.2 Å². The number of hydrogen-bond acceptors (Lipinski definition) is 4. The molecule has 2 N–H and O–H groups in total. The molecular formula is C21H24F2N2O3. The maximum absolute atomic E-state index is 12.5. The van der Waals surface area contributed by atoms with Crippen molar-refractivity contribution >= 4 is 11.6 Å². The number of alkyl halides is 2. The molecule has 1 unspecified atom stereocenters. The molecule has 1 saturated carbocycles. The SMILES string of the molecule is COc1ccc(CNC(C)c2ccc(NC(=O)C3CC3)cc2)cc1OC(F)F. The van der Waals surface area contributed by atoms with Gasteiger partial charge in [0.2, 0.25) is 5.91 Å². The van der Waals surface area contributed by atoms with Crippen molar-refractivity contribution in [3.63, 3.8) is 0 Å². The number of benzene rings is 2. The normalized spacial score (nSPS) is 14.6. The Labute approximate surface area is 163 Å². The van der Waals surface area contributed by atoms with Crippen molar-refractivity contribution in [3.8, 4) is 11.5 Å². The van der Waals surface area contributed by atoms with E-state index in [4.69, 9.17) is 4.74 Å². The van der Waals surface area contributed by atoms with Crippen LogP contribution in [-0.2, 0) is 11.3 Å². The molecule has 0 spiro atoms. The van der Waals surface area contributed by atoms with Crippen molar-refractivity contribution in [2.24, 2.45) is 5.92 Å². The Bertz CT molecular complexity index is 808. The molecule has 0 aromatic heterocycles. The summed E-state index contributed by atoms with van der Waals surface area (Å²) >= 11 is 0. The number of carbonyl (C=O) groups is 1. The van der Waals surface area contributed by atoms with Crippen LogP contribution in [0.2, 0.25) is 0 Å². The first kappa shape index (κ1) is 20.1. The Balaban J connectivity index is 1.57. The highest BCUT2D eigenvalue weighted by Crippen LogP contribution is 2.31. The first-order chi connectivity index (χ1) is 13.5. The van der Waals surface area contributed by atoms with Gasteiger partial charge in [-0.25, -0.2) is 0 Å². The summed E-state index contributed by atoms with van der Waals surface area (Å²) in [6, 6.07) is 12.7. The zero-order valence-corrected chi connectivity index (χ0v) is 15.9. The lowest BCUT2D eigenvalue weighted by Crippen LogP contribution is -2.18. The van der Waals surface area contributed by atoms with Crippen LogP contribution in [0.1, 0.15) is 36.9 Å². The molecule has 2 aromatic rings. The van der Waals surface area contributed by atoms with Gasteiger partial charge in [0.15, 0.2) is 11.5 Å². The van der Waals surface area contributed by atoms with E-state index in [9.17, 15) is 13.6 Å². The average molecular weight is 390 g/mol. The maximum atomic E-state index is 12.5. The van der Waals surface area contributed by atoms with Gasteiger partial charge in [-0.2, -0.15) is 8.78 Å². The first-order valence-electron chi connectivity index (χ1n) is 9.22. The number of methoxy groups -OCH3 is 1. The van der Waals surface area contributed by atoms with Crippen molar-refractivity contribution in [2.45, 2.75) is 39.0 Å². The quantitative estimate of drug-likeness (QED) is 0.662. The third-order valence-electron chi connectivity index (χ3n) is 4.68. The summed E-state index contributed by atoms with van der Waals surface area (Å²) in [5.41, 5.74) is 2.65. The van der Waals surface area contributed by atoms with Gasteiger partial charge in [0.25, 0.3) is 0 Å². The zero-order chi connectivity index (χ0) is 20.1. The maximum Gasteiger partial charge on any atom is 0.387 e. The van der Waals surface area contributed by atoms with Crippen LogP contribution in [0.25, 0.3) is 0 Å². The Morgan fingerprint density at radius 2 is 1.86 bits per heavy atom. The molecule has 3 rings (SSSR count). The van der Waals surface area contributed by atoms with Crippen LogP contribution < -0.4 is 20.1 Å². The summed E-state index contributed by atoms with van der Waals surface area (Å²) in [6.07, 6.45) is 1.95. The molecule has 0 radical (unpaired) electrons. The van der Waals surface area contributed by atoms with Crippen LogP contribution in [0.4, 0.5) is 14.5 Å². The lowest BCUT2D eigenvalue weighted by molar-refractivity contribution is -0.117. The number of anilines is 1. The number of ether oxygens (including phenoxy) is 2. The van der Waals surface area contributed by atoms with Gasteiger partial charge in [-0.3, -0.25) is 4.79 Å². The highest BCUT2D eigenvalue weighted by atomic mass is 19.3. The highest BCUT2D eigenvalue weighted by Gasteiger charge is 2.29. The number of nitrogens with one attached hydrogen (secondary N) is 2. The summed E-state index contributed by atoms with van der Waals surface area (Å²) in [5.74, 6) is 0.532. The molecule has 2 aromatic carbocycles. The molecule has 1 fully saturated rings. The summed E-state index contributed by atoms with van der Waals surface area (Å²) in [6.45, 7) is -0.419. The molecule has 1 aliphatic carbocycles. The molecule has 7 heteroatoms. The van der Waals surface area contributed by atoms with E-state index in [1.807, 2.05) is 31.2 Å². The fourth-order valence-electron chi connectivity index (χ4n) is 2.85. The van der Waals surface area contributed by atoms with Crippen molar-refractivity contribution in [2.75, 3.05) is 12.4 Å². The topological polar surface area (TPSA) is 59.6 Å². The summed E-state index contributed by atoms with van der Waals surface area (Å²) in [4.78, 5) is 11.8. The van der Waals surface area contributed by atoms with Crippen LogP contribution in [0.15, 0.2) is 42.5 Å². The third-order valence-corrected chi connectivity index (χ3v) is 4.68. The number of hydrogen-bond donors (Lipinski definition) is 2. The van der Waals surface area contributed by atoms with E-state index in [-0.39, 0.29) is 29.4 Å². The van der Waals surface area contributed by atoms with Gasteiger partial charge in [0.05, 0.1) is 7.11 Å². The van der Waals surface area contributed by atoms with Crippen molar-refractivity contribution in [1.29, 1.82) is 0 Å². The summed E-state index contributed by atoms with van der Waals surface area (Å²) in [5, 5.41) is 6.26. The molecule has 150 valence electrons. The first-order valence-corrected chi connectivity index (χ1v) is 9.22. The molecule has 1 amide bonds. The number of amides is 1. The summed E-state index contributed by atoms with van der Waals surface area (Å²) < 4.78 is 34.6. The van der Waals surface area contributed by atoms with Gasteiger partial charge in [0.1, 0.15) is 0 Å². The smallest absolute Gasteiger partial charge is 0.387 e. The van der Waals surface area contributed by atoms with Crippen LogP contribution in [0, 0.1) is 5.92 Å². The second-order valence-corrected chi connectivity index (χ2v) is 6.85. The molecule has 1 aliphatic rings. The fraction of sp³-hybridized carbons (Fsp3) is 0.381. The van der Waals surface area contributed by atoms with E-state index in [2.05, 4.69) is 15.4 Å². The number of halogens is 2. The van der Waals surface area contributed by atoms with E-state index in [1.165, 1.54) is 7.11 Å². The Morgan fingerprint density at radius 3 is 2.46 bits per heavy atom. The van der Waals surface area contributed by atoms with Gasteiger partial charge >= 0.3 is 6.61 Å². The van der Waals surface area contributed by atoms with Gasteiger partial charge in [-0.15, -0.1) is 0 Å². The Kier molecular flexibility index (Phi) is 6.46. The second-order valence-electron chi connectivity index (χ2n) is 6.85. The minimum Gasteiger partial charge on any atom is -0.493 e.